The first-order chi connectivity index (χ1) is 10.2. The number of hydrogen-bond donors (Lipinski definition) is 3. The van der Waals surface area contributed by atoms with E-state index in [1.807, 2.05) is 11.8 Å². The van der Waals surface area contributed by atoms with Crippen molar-refractivity contribution in [2.45, 2.75) is 43.0 Å². The van der Waals surface area contributed by atoms with Gasteiger partial charge >= 0.3 is 6.03 Å². The van der Waals surface area contributed by atoms with E-state index in [0.717, 1.165) is 25.0 Å². The predicted octanol–water partition coefficient (Wildman–Crippen LogP) is 1.20. The van der Waals surface area contributed by atoms with Gasteiger partial charge in [0.25, 0.3) is 0 Å². The third-order valence-corrected chi connectivity index (χ3v) is 5.80. The zero-order chi connectivity index (χ0) is 14.7. The number of hydrogen-bond acceptors (Lipinski definition) is 6. The minimum absolute atomic E-state index is 0.0143. The monoisotopic (exact) mass is 327 g/mol. The molecular weight excluding hydrogens is 310 g/mol. The molecule has 3 rings (SSSR count). The Morgan fingerprint density at radius 2 is 2.33 bits per heavy atom. The summed E-state index contributed by atoms with van der Waals surface area (Å²) in [7, 11) is 0. The molecular formula is C12H17N5O2S2. The van der Waals surface area contributed by atoms with Gasteiger partial charge in [-0.25, -0.2) is 4.79 Å². The number of carbonyl (C=O) groups excluding carboxylic acids is 2. The maximum Gasteiger partial charge on any atom is 0.315 e. The number of fused-ring (bicyclic) bond motifs is 1. The van der Waals surface area contributed by atoms with Gasteiger partial charge in [0.15, 0.2) is 0 Å². The molecule has 0 bridgehead atoms. The quantitative estimate of drug-likeness (QED) is 0.539. The molecule has 21 heavy (non-hydrogen) atoms. The van der Waals surface area contributed by atoms with Gasteiger partial charge in [0.2, 0.25) is 11.0 Å². The van der Waals surface area contributed by atoms with Crippen LogP contribution in [0.3, 0.4) is 0 Å². The van der Waals surface area contributed by atoms with Gasteiger partial charge in [-0.15, -0.1) is 10.2 Å². The number of rotatable bonds is 6. The van der Waals surface area contributed by atoms with Gasteiger partial charge in [-0.1, -0.05) is 17.8 Å². The van der Waals surface area contributed by atoms with Gasteiger partial charge in [-0.2, -0.15) is 11.8 Å². The Kier molecular flexibility index (Phi) is 4.59. The molecule has 0 saturated carbocycles. The smallest absolute Gasteiger partial charge is 0.315 e. The van der Waals surface area contributed by atoms with Crippen molar-refractivity contribution in [2.24, 2.45) is 0 Å². The van der Waals surface area contributed by atoms with Crippen molar-refractivity contribution >= 4 is 40.2 Å². The summed E-state index contributed by atoms with van der Waals surface area (Å²) in [5.74, 6) is 0.963. The molecule has 3 N–H and O–H groups in total. The van der Waals surface area contributed by atoms with E-state index in [9.17, 15) is 9.59 Å². The Hall–Kier alpha value is -1.35. The Balaban J connectivity index is 1.33. The molecule has 1 aromatic heterocycles. The highest BCUT2D eigenvalue weighted by Gasteiger charge is 2.42. The minimum atomic E-state index is -0.0493. The van der Waals surface area contributed by atoms with Gasteiger partial charge in [0.05, 0.1) is 12.1 Å². The van der Waals surface area contributed by atoms with Crippen LogP contribution in [0.4, 0.5) is 9.93 Å². The van der Waals surface area contributed by atoms with Gasteiger partial charge < -0.3 is 16.0 Å². The van der Waals surface area contributed by atoms with Gasteiger partial charge in [-0.05, 0) is 12.8 Å². The van der Waals surface area contributed by atoms with Crippen LogP contribution in [0.25, 0.3) is 0 Å². The average molecular weight is 327 g/mol. The van der Waals surface area contributed by atoms with E-state index in [0.29, 0.717) is 16.8 Å². The molecule has 3 amide bonds. The van der Waals surface area contributed by atoms with Crippen molar-refractivity contribution in [3.8, 4) is 0 Å². The third-order valence-electron chi connectivity index (χ3n) is 3.69. The molecule has 2 fully saturated rings. The molecule has 0 spiro atoms. The third kappa shape index (κ3) is 3.65. The second-order valence-corrected chi connectivity index (χ2v) is 7.27. The summed E-state index contributed by atoms with van der Waals surface area (Å²) in [6, 6.07) is 0.470. The largest absolute Gasteiger partial charge is 0.332 e. The number of nitrogens with one attached hydrogen (secondary N) is 3. The van der Waals surface area contributed by atoms with Gasteiger partial charge in [0, 0.05) is 17.4 Å². The number of nitrogens with zero attached hydrogens (tertiary/aromatic N) is 2. The SMILES string of the molecule is O=C(CCCC[C@H]1SC[C@@H]2NC(=O)N[C@H]21)Nc1nncs1. The van der Waals surface area contributed by atoms with Crippen LogP contribution >= 0.6 is 23.1 Å². The molecule has 114 valence electrons. The average Bonchev–Trinajstić information content (AvgIpc) is 3.13. The minimum Gasteiger partial charge on any atom is -0.332 e. The zero-order valence-electron chi connectivity index (χ0n) is 11.4. The van der Waals surface area contributed by atoms with Crippen LogP contribution in [0.5, 0.6) is 0 Å². The van der Waals surface area contributed by atoms with Gasteiger partial charge in [-0.3, -0.25) is 4.79 Å². The van der Waals surface area contributed by atoms with Crippen molar-refractivity contribution in [3.05, 3.63) is 5.51 Å². The second-order valence-electron chi connectivity index (χ2n) is 5.16. The molecule has 3 heterocycles. The summed E-state index contributed by atoms with van der Waals surface area (Å²) < 4.78 is 0. The molecule has 9 heteroatoms. The van der Waals surface area contributed by atoms with Gasteiger partial charge in [0.1, 0.15) is 5.51 Å². The van der Waals surface area contributed by atoms with E-state index in [1.165, 1.54) is 11.3 Å². The summed E-state index contributed by atoms with van der Waals surface area (Å²) in [4.78, 5) is 23.0. The van der Waals surface area contributed by atoms with E-state index < -0.39 is 0 Å². The molecule has 3 atom stereocenters. The summed E-state index contributed by atoms with van der Waals surface area (Å²) in [5.41, 5.74) is 1.59. The number of thioether (sulfide) groups is 1. The van der Waals surface area contributed by atoms with Crippen LogP contribution in [0, 0.1) is 0 Å². The fourth-order valence-electron chi connectivity index (χ4n) is 2.68. The molecule has 0 aliphatic carbocycles. The topological polar surface area (TPSA) is 96.0 Å². The van der Waals surface area contributed by atoms with Crippen molar-refractivity contribution in [3.63, 3.8) is 0 Å². The van der Waals surface area contributed by atoms with Crippen molar-refractivity contribution in [2.75, 3.05) is 11.1 Å². The summed E-state index contributed by atoms with van der Waals surface area (Å²) >= 11 is 3.22. The molecule has 2 saturated heterocycles. The second kappa shape index (κ2) is 6.61. The number of anilines is 1. The number of aromatic nitrogens is 2. The summed E-state index contributed by atoms with van der Waals surface area (Å²) in [6.07, 6.45) is 3.36. The van der Waals surface area contributed by atoms with Crippen LogP contribution in [0.2, 0.25) is 0 Å². The number of unbranched alkanes of at least 4 members (excludes halogenated alkanes) is 1. The first kappa shape index (κ1) is 14.6. The molecule has 2 aliphatic rings. The first-order valence-corrected chi connectivity index (χ1v) is 8.90. The van der Waals surface area contributed by atoms with Crippen LogP contribution in [-0.4, -0.2) is 45.2 Å². The number of carbonyl (C=O) groups is 2. The molecule has 0 radical (unpaired) electrons. The lowest BCUT2D eigenvalue weighted by atomic mass is 10.0. The predicted molar refractivity (Wildman–Crippen MR) is 82.5 cm³/mol. The number of urea groups is 1. The van der Waals surface area contributed by atoms with E-state index >= 15 is 0 Å². The highest BCUT2D eigenvalue weighted by Crippen LogP contribution is 2.33. The summed E-state index contributed by atoms with van der Waals surface area (Å²) in [5, 5.41) is 17.1. The first-order valence-electron chi connectivity index (χ1n) is 6.97. The Morgan fingerprint density at radius 1 is 1.43 bits per heavy atom. The van der Waals surface area contributed by atoms with Crippen LogP contribution < -0.4 is 16.0 Å². The fourth-order valence-corrected chi connectivity index (χ4v) is 4.69. The van der Waals surface area contributed by atoms with E-state index in [4.69, 9.17) is 0 Å². The van der Waals surface area contributed by atoms with Crippen LogP contribution in [-0.2, 0) is 4.79 Å². The Morgan fingerprint density at radius 3 is 3.14 bits per heavy atom. The highest BCUT2D eigenvalue weighted by atomic mass is 32.2. The molecule has 2 aliphatic heterocycles. The standard InChI is InChI=1S/C12H17N5O2S2/c18-9(15-12-17-13-6-21-12)4-2-1-3-8-10-7(5-20-8)14-11(19)16-10/h6-8,10H,1-5H2,(H2,14,16,19)(H,15,17,18)/t7-,8+,10+/m0/s1. The molecule has 0 unspecified atom stereocenters. The van der Waals surface area contributed by atoms with Crippen molar-refractivity contribution < 1.29 is 9.59 Å². The lowest BCUT2D eigenvalue weighted by molar-refractivity contribution is -0.116. The van der Waals surface area contributed by atoms with Crippen LogP contribution in [0.1, 0.15) is 25.7 Å². The Labute approximate surface area is 130 Å². The lowest BCUT2D eigenvalue weighted by Crippen LogP contribution is -2.36. The highest BCUT2D eigenvalue weighted by molar-refractivity contribution is 8.00. The van der Waals surface area contributed by atoms with Crippen molar-refractivity contribution in [1.29, 1.82) is 0 Å². The molecule has 0 aromatic carbocycles. The summed E-state index contributed by atoms with van der Waals surface area (Å²) in [6.45, 7) is 0. The van der Waals surface area contributed by atoms with Crippen molar-refractivity contribution in [1.82, 2.24) is 20.8 Å². The molecule has 1 aromatic rings. The van der Waals surface area contributed by atoms with Crippen LogP contribution in [0.15, 0.2) is 5.51 Å². The normalized spacial score (nSPS) is 27.0. The number of amides is 3. The molecule has 7 nitrogen and oxygen atoms in total. The Bertz CT molecular complexity index is 510. The van der Waals surface area contributed by atoms with E-state index in [1.54, 1.807) is 5.51 Å². The maximum atomic E-state index is 11.7. The maximum absolute atomic E-state index is 11.7. The van der Waals surface area contributed by atoms with E-state index in [-0.39, 0.29) is 24.0 Å². The van der Waals surface area contributed by atoms with E-state index in [2.05, 4.69) is 26.1 Å². The zero-order valence-corrected chi connectivity index (χ0v) is 13.0. The fraction of sp³-hybridized carbons (Fsp3) is 0.667. The lowest BCUT2D eigenvalue weighted by Gasteiger charge is -2.16.